The van der Waals surface area contributed by atoms with Gasteiger partial charge in [-0.3, -0.25) is 4.90 Å². The molecule has 96 valence electrons. The maximum absolute atomic E-state index is 6.40. The Labute approximate surface area is 109 Å². The van der Waals surface area contributed by atoms with Crippen LogP contribution in [0.2, 0.25) is 0 Å². The zero-order valence-electron chi connectivity index (χ0n) is 11.0. The monoisotopic (exact) mass is 242 g/mol. The smallest absolute Gasteiger partial charge is 0.0441 e. The van der Waals surface area contributed by atoms with Crippen LogP contribution < -0.4 is 5.73 Å². The molecule has 0 amide bonds. The molecule has 2 heteroatoms. The summed E-state index contributed by atoms with van der Waals surface area (Å²) in [6.07, 6.45) is 6.64. The summed E-state index contributed by atoms with van der Waals surface area (Å²) < 4.78 is 0. The maximum atomic E-state index is 6.40. The van der Waals surface area contributed by atoms with Crippen LogP contribution in [0.25, 0.3) is 0 Å². The summed E-state index contributed by atoms with van der Waals surface area (Å²) in [6.45, 7) is 3.31. The molecule has 1 heterocycles. The molecule has 1 aromatic rings. The number of likely N-dealkylation sites (tertiary alicyclic amines) is 1. The van der Waals surface area contributed by atoms with Crippen molar-refractivity contribution in [3.05, 3.63) is 34.9 Å². The number of hydrogen-bond donors (Lipinski definition) is 1. The van der Waals surface area contributed by atoms with Gasteiger partial charge in [0, 0.05) is 25.2 Å². The van der Waals surface area contributed by atoms with Gasteiger partial charge >= 0.3 is 0 Å². The number of fused-ring (bicyclic) bond motifs is 1. The van der Waals surface area contributed by atoms with Gasteiger partial charge in [0.25, 0.3) is 0 Å². The Morgan fingerprint density at radius 3 is 2.72 bits per heavy atom. The summed E-state index contributed by atoms with van der Waals surface area (Å²) >= 11 is 0. The molecule has 0 spiro atoms. The van der Waals surface area contributed by atoms with Crippen LogP contribution in [0.3, 0.4) is 0 Å². The quantitative estimate of drug-likeness (QED) is 0.879. The Kier molecular flexibility index (Phi) is 2.33. The van der Waals surface area contributed by atoms with Gasteiger partial charge in [0.15, 0.2) is 0 Å². The lowest BCUT2D eigenvalue weighted by Crippen LogP contribution is -2.68. The summed E-state index contributed by atoms with van der Waals surface area (Å²) in [4.78, 5) is 2.51. The number of nitrogens with zero attached hydrogens (tertiary/aromatic N) is 1. The second kappa shape index (κ2) is 3.82. The van der Waals surface area contributed by atoms with Crippen molar-refractivity contribution in [3.63, 3.8) is 0 Å². The molecule has 2 nitrogen and oxygen atoms in total. The minimum Gasteiger partial charge on any atom is -0.323 e. The van der Waals surface area contributed by atoms with E-state index in [-0.39, 0.29) is 5.54 Å². The van der Waals surface area contributed by atoms with E-state index in [0.29, 0.717) is 0 Å². The summed E-state index contributed by atoms with van der Waals surface area (Å²) in [5.74, 6) is 0.828. The molecule has 2 fully saturated rings. The Hall–Kier alpha value is -0.860. The zero-order chi connectivity index (χ0) is 12.2. The van der Waals surface area contributed by atoms with E-state index in [1.54, 1.807) is 11.1 Å². The van der Waals surface area contributed by atoms with Crippen molar-refractivity contribution in [2.24, 2.45) is 11.7 Å². The number of rotatable bonds is 3. The molecule has 0 atom stereocenters. The molecular weight excluding hydrogens is 220 g/mol. The van der Waals surface area contributed by atoms with Gasteiger partial charge < -0.3 is 5.73 Å². The van der Waals surface area contributed by atoms with Crippen LogP contribution in [0.15, 0.2) is 18.2 Å². The van der Waals surface area contributed by atoms with Crippen molar-refractivity contribution in [3.8, 4) is 0 Å². The molecular formula is C16H22N2. The molecule has 3 aliphatic rings. The van der Waals surface area contributed by atoms with Crippen LogP contribution in [0, 0.1) is 5.92 Å². The van der Waals surface area contributed by atoms with E-state index in [0.717, 1.165) is 25.6 Å². The fourth-order valence-corrected chi connectivity index (χ4v) is 3.80. The van der Waals surface area contributed by atoms with Gasteiger partial charge in [-0.1, -0.05) is 18.2 Å². The number of benzene rings is 1. The van der Waals surface area contributed by atoms with Crippen molar-refractivity contribution in [2.75, 3.05) is 13.1 Å². The summed E-state index contributed by atoms with van der Waals surface area (Å²) in [7, 11) is 0. The maximum Gasteiger partial charge on any atom is 0.0441 e. The predicted molar refractivity (Wildman–Crippen MR) is 73.4 cm³/mol. The molecule has 4 rings (SSSR count). The van der Waals surface area contributed by atoms with E-state index in [1.165, 1.54) is 37.7 Å². The van der Waals surface area contributed by atoms with Crippen molar-refractivity contribution in [2.45, 2.75) is 44.2 Å². The topological polar surface area (TPSA) is 29.3 Å². The zero-order valence-corrected chi connectivity index (χ0v) is 11.0. The fraction of sp³-hybridized carbons (Fsp3) is 0.625. The van der Waals surface area contributed by atoms with Crippen LogP contribution in [0.1, 0.15) is 36.0 Å². The molecule has 0 radical (unpaired) electrons. The Morgan fingerprint density at radius 2 is 1.94 bits per heavy atom. The van der Waals surface area contributed by atoms with Crippen molar-refractivity contribution in [1.82, 2.24) is 4.90 Å². The van der Waals surface area contributed by atoms with Gasteiger partial charge in [-0.05, 0) is 54.7 Å². The number of hydrogen-bond acceptors (Lipinski definition) is 2. The van der Waals surface area contributed by atoms with E-state index < -0.39 is 0 Å². The Balaban J connectivity index is 1.41. The lowest BCUT2D eigenvalue weighted by atomic mass is 9.85. The van der Waals surface area contributed by atoms with Crippen molar-refractivity contribution in [1.29, 1.82) is 0 Å². The molecule has 2 aliphatic carbocycles. The van der Waals surface area contributed by atoms with Crippen molar-refractivity contribution < 1.29 is 0 Å². The highest BCUT2D eigenvalue weighted by Crippen LogP contribution is 2.43. The van der Waals surface area contributed by atoms with E-state index in [9.17, 15) is 0 Å². The van der Waals surface area contributed by atoms with Crippen molar-refractivity contribution >= 4 is 0 Å². The second-order valence-electron chi connectivity index (χ2n) is 6.61. The third kappa shape index (κ3) is 1.79. The third-order valence-electron chi connectivity index (χ3n) is 5.00. The first kappa shape index (κ1) is 11.0. The SMILES string of the molecule is NC1(C2CC2)CN(Cc2ccc3c(c2)CCC3)C1. The second-order valence-corrected chi connectivity index (χ2v) is 6.61. The lowest BCUT2D eigenvalue weighted by molar-refractivity contribution is 0.0478. The van der Waals surface area contributed by atoms with Crippen LogP contribution in [-0.4, -0.2) is 23.5 Å². The number of aryl methyl sites for hydroxylation is 2. The van der Waals surface area contributed by atoms with Crippen LogP contribution in [0.4, 0.5) is 0 Å². The normalized spacial score (nSPS) is 25.8. The lowest BCUT2D eigenvalue weighted by Gasteiger charge is -2.48. The highest BCUT2D eigenvalue weighted by Gasteiger charge is 2.49. The molecule has 1 aliphatic heterocycles. The first-order valence-electron chi connectivity index (χ1n) is 7.35. The largest absolute Gasteiger partial charge is 0.323 e. The Bertz CT molecular complexity index is 470. The van der Waals surface area contributed by atoms with Gasteiger partial charge in [0.2, 0.25) is 0 Å². The molecule has 1 saturated carbocycles. The van der Waals surface area contributed by atoms with E-state index in [1.807, 2.05) is 0 Å². The van der Waals surface area contributed by atoms with E-state index in [4.69, 9.17) is 5.73 Å². The van der Waals surface area contributed by atoms with E-state index >= 15 is 0 Å². The molecule has 18 heavy (non-hydrogen) atoms. The molecule has 2 N–H and O–H groups in total. The molecule has 1 saturated heterocycles. The highest BCUT2D eigenvalue weighted by atomic mass is 15.3. The van der Waals surface area contributed by atoms with Gasteiger partial charge in [0.05, 0.1) is 0 Å². The predicted octanol–water partition coefficient (Wildman–Crippen LogP) is 2.10. The third-order valence-corrected chi connectivity index (χ3v) is 5.00. The average molecular weight is 242 g/mol. The van der Waals surface area contributed by atoms with Crippen LogP contribution in [-0.2, 0) is 19.4 Å². The average Bonchev–Trinajstić information content (AvgIpc) is 3.07. The van der Waals surface area contributed by atoms with Gasteiger partial charge in [-0.15, -0.1) is 0 Å². The summed E-state index contributed by atoms with van der Waals surface area (Å²) in [6, 6.07) is 7.09. The molecule has 0 unspecified atom stereocenters. The molecule has 0 aromatic heterocycles. The highest BCUT2D eigenvalue weighted by molar-refractivity contribution is 5.35. The van der Waals surface area contributed by atoms with E-state index in [2.05, 4.69) is 23.1 Å². The van der Waals surface area contributed by atoms with Crippen LogP contribution >= 0.6 is 0 Å². The van der Waals surface area contributed by atoms with Gasteiger partial charge in [0.1, 0.15) is 0 Å². The summed E-state index contributed by atoms with van der Waals surface area (Å²) in [5, 5.41) is 0. The Morgan fingerprint density at radius 1 is 1.17 bits per heavy atom. The van der Waals surface area contributed by atoms with Gasteiger partial charge in [-0.2, -0.15) is 0 Å². The van der Waals surface area contributed by atoms with Crippen LogP contribution in [0.5, 0.6) is 0 Å². The first-order valence-corrected chi connectivity index (χ1v) is 7.35. The first-order chi connectivity index (χ1) is 8.73. The molecule has 0 bridgehead atoms. The minimum absolute atomic E-state index is 0.163. The molecule has 1 aromatic carbocycles. The standard InChI is InChI=1S/C16H22N2/c17-16(15-6-7-15)10-18(11-16)9-12-4-5-13-2-1-3-14(13)8-12/h4-5,8,15H,1-3,6-7,9-11,17H2. The number of nitrogens with two attached hydrogens (primary N) is 1. The minimum atomic E-state index is 0.163. The summed E-state index contributed by atoms with van der Waals surface area (Å²) in [5.41, 5.74) is 11.2. The van der Waals surface area contributed by atoms with Gasteiger partial charge in [-0.25, -0.2) is 0 Å². The fourth-order valence-electron chi connectivity index (χ4n) is 3.80.